The van der Waals surface area contributed by atoms with Crippen LogP contribution in [0.4, 0.5) is 11.5 Å². The van der Waals surface area contributed by atoms with Gasteiger partial charge in [0.2, 0.25) is 10.0 Å². The number of ether oxygens (including phenoxy) is 2. The highest BCUT2D eigenvalue weighted by Crippen LogP contribution is 2.31. The number of hydrogen-bond acceptors (Lipinski definition) is 8. The van der Waals surface area contributed by atoms with Crippen molar-refractivity contribution in [3.05, 3.63) is 65.1 Å². The molecular weight excluding hydrogens is 538 g/mol. The van der Waals surface area contributed by atoms with E-state index in [0.717, 1.165) is 30.8 Å². The zero-order chi connectivity index (χ0) is 28.2. The van der Waals surface area contributed by atoms with E-state index in [0.29, 0.717) is 29.5 Å². The molecule has 3 aromatic rings. The van der Waals surface area contributed by atoms with E-state index < -0.39 is 10.0 Å². The molecule has 1 atom stereocenters. The molecule has 0 amide bonds. The summed E-state index contributed by atoms with van der Waals surface area (Å²) in [6, 6.07) is 12.2. The Morgan fingerprint density at radius 2 is 1.92 bits per heavy atom. The molecule has 2 aromatic carbocycles. The highest BCUT2D eigenvalue weighted by atomic mass is 35.5. The first-order valence-corrected chi connectivity index (χ1v) is 14.9. The Bertz CT molecular complexity index is 1400. The van der Waals surface area contributed by atoms with Crippen molar-refractivity contribution in [2.45, 2.75) is 63.7 Å². The number of sulfonamides is 1. The van der Waals surface area contributed by atoms with Gasteiger partial charge in [0.1, 0.15) is 33.3 Å². The van der Waals surface area contributed by atoms with Crippen molar-refractivity contribution < 1.29 is 17.9 Å². The summed E-state index contributed by atoms with van der Waals surface area (Å²) in [5, 5.41) is 3.36. The van der Waals surface area contributed by atoms with Crippen LogP contribution in [0.15, 0.2) is 53.6 Å². The van der Waals surface area contributed by atoms with Crippen molar-refractivity contribution in [1.29, 1.82) is 0 Å². The molecule has 0 radical (unpaired) electrons. The second-order valence-corrected chi connectivity index (χ2v) is 12.4. The van der Waals surface area contributed by atoms with E-state index in [1.54, 1.807) is 32.0 Å². The highest BCUT2D eigenvalue weighted by Gasteiger charge is 2.22. The van der Waals surface area contributed by atoms with Crippen molar-refractivity contribution in [2.24, 2.45) is 0 Å². The average molecular weight is 574 g/mol. The highest BCUT2D eigenvalue weighted by molar-refractivity contribution is 7.89. The molecular formula is C28H36ClN5O4S. The molecule has 1 unspecified atom stereocenters. The molecule has 2 heterocycles. The Morgan fingerprint density at radius 1 is 1.15 bits per heavy atom. The molecule has 0 saturated carbocycles. The molecule has 0 aliphatic carbocycles. The van der Waals surface area contributed by atoms with E-state index in [4.69, 9.17) is 21.1 Å². The normalized spacial score (nSPS) is 16.2. The lowest BCUT2D eigenvalue weighted by molar-refractivity contribution is 0.204. The van der Waals surface area contributed by atoms with Crippen molar-refractivity contribution in [3.8, 4) is 11.5 Å². The number of benzene rings is 2. The maximum absolute atomic E-state index is 12.9. The SMILES string of the molecule is CC(C)NS(=O)(=O)c1ccccc1Nc1nc(Cc2ccc(OC3CCN(C)C3)cc2OC(C)C)ncc1Cl. The monoisotopic (exact) mass is 573 g/mol. The Balaban J connectivity index is 1.58. The maximum atomic E-state index is 12.9. The summed E-state index contributed by atoms with van der Waals surface area (Å²) in [7, 11) is -1.65. The van der Waals surface area contributed by atoms with E-state index in [-0.39, 0.29) is 28.2 Å². The fourth-order valence-electron chi connectivity index (χ4n) is 4.35. The van der Waals surface area contributed by atoms with Gasteiger partial charge in [0.05, 0.1) is 18.0 Å². The van der Waals surface area contributed by atoms with Crippen molar-refractivity contribution in [1.82, 2.24) is 19.6 Å². The number of halogens is 1. The van der Waals surface area contributed by atoms with Crippen molar-refractivity contribution >= 4 is 33.1 Å². The molecule has 39 heavy (non-hydrogen) atoms. The smallest absolute Gasteiger partial charge is 0.242 e. The van der Waals surface area contributed by atoms with E-state index in [9.17, 15) is 8.42 Å². The first kappa shape index (κ1) is 29.1. The van der Waals surface area contributed by atoms with Gasteiger partial charge in [0, 0.05) is 37.2 Å². The zero-order valence-corrected chi connectivity index (χ0v) is 24.5. The molecule has 210 valence electrons. The predicted molar refractivity (Wildman–Crippen MR) is 154 cm³/mol. The third-order valence-corrected chi connectivity index (χ3v) is 8.01. The minimum Gasteiger partial charge on any atom is -0.491 e. The van der Waals surface area contributed by atoms with Crippen LogP contribution in [0.1, 0.15) is 45.5 Å². The number of likely N-dealkylation sites (tertiary alicyclic amines) is 1. The van der Waals surface area contributed by atoms with Crippen LogP contribution in [-0.4, -0.2) is 61.7 Å². The number of anilines is 2. The molecule has 1 fully saturated rings. The Kier molecular flexibility index (Phi) is 9.32. The summed E-state index contributed by atoms with van der Waals surface area (Å²) < 4.78 is 40.7. The number of aromatic nitrogens is 2. The number of nitrogens with zero attached hydrogens (tertiary/aromatic N) is 3. The first-order valence-electron chi connectivity index (χ1n) is 13.0. The van der Waals surface area contributed by atoms with Crippen molar-refractivity contribution in [3.63, 3.8) is 0 Å². The Morgan fingerprint density at radius 3 is 2.62 bits per heavy atom. The largest absolute Gasteiger partial charge is 0.491 e. The van der Waals surface area contributed by atoms with Crippen LogP contribution >= 0.6 is 11.6 Å². The minimum absolute atomic E-state index is 0.0297. The summed E-state index contributed by atoms with van der Waals surface area (Å²) in [6.45, 7) is 9.41. The van der Waals surface area contributed by atoms with Gasteiger partial charge in [-0.2, -0.15) is 0 Å². The zero-order valence-electron chi connectivity index (χ0n) is 22.9. The molecule has 9 nitrogen and oxygen atoms in total. The first-order chi connectivity index (χ1) is 18.5. The maximum Gasteiger partial charge on any atom is 0.242 e. The number of para-hydroxylation sites is 1. The van der Waals surface area contributed by atoms with Crippen LogP contribution in [0.25, 0.3) is 0 Å². The lowest BCUT2D eigenvalue weighted by Gasteiger charge is -2.18. The van der Waals surface area contributed by atoms with Gasteiger partial charge in [-0.3, -0.25) is 0 Å². The summed E-state index contributed by atoms with van der Waals surface area (Å²) in [5.74, 6) is 2.28. The molecule has 1 aromatic heterocycles. The average Bonchev–Trinajstić information content (AvgIpc) is 3.26. The molecule has 2 N–H and O–H groups in total. The number of rotatable bonds is 11. The van der Waals surface area contributed by atoms with Gasteiger partial charge in [-0.25, -0.2) is 23.1 Å². The van der Waals surface area contributed by atoms with E-state index in [1.807, 2.05) is 32.0 Å². The molecule has 1 saturated heterocycles. The van der Waals surface area contributed by atoms with E-state index in [1.165, 1.54) is 12.3 Å². The fraction of sp³-hybridized carbons (Fsp3) is 0.429. The topological polar surface area (TPSA) is 106 Å². The van der Waals surface area contributed by atoms with Crippen molar-refractivity contribution in [2.75, 3.05) is 25.5 Å². The quantitative estimate of drug-likeness (QED) is 0.329. The van der Waals surface area contributed by atoms with Gasteiger partial charge >= 0.3 is 0 Å². The summed E-state index contributed by atoms with van der Waals surface area (Å²) in [6.07, 6.45) is 3.01. The second kappa shape index (κ2) is 12.5. The summed E-state index contributed by atoms with van der Waals surface area (Å²) >= 11 is 6.41. The summed E-state index contributed by atoms with van der Waals surface area (Å²) in [5.41, 5.74) is 1.26. The van der Waals surface area contributed by atoms with Crippen LogP contribution in [-0.2, 0) is 16.4 Å². The molecule has 0 bridgehead atoms. The van der Waals surface area contributed by atoms with Gasteiger partial charge in [-0.15, -0.1) is 0 Å². The number of nitrogens with one attached hydrogen (secondary N) is 2. The standard InChI is InChI=1S/C28H36ClN5O4S/c1-18(2)33-39(35,36)26-9-7-6-8-24(26)31-28-23(29)16-30-27(32-28)14-20-10-11-21(15-25(20)37-19(3)4)38-22-12-13-34(5)17-22/h6-11,15-16,18-19,22,33H,12-14,17H2,1-5H3,(H,30,31,32). The van der Waals surface area contributed by atoms with Crippen LogP contribution in [0, 0.1) is 0 Å². The Labute approximate surface area is 236 Å². The number of likely N-dealkylation sites (N-methyl/N-ethyl adjacent to an activating group) is 1. The van der Waals surface area contributed by atoms with E-state index in [2.05, 4.69) is 32.0 Å². The second-order valence-electron chi connectivity index (χ2n) is 10.3. The molecule has 11 heteroatoms. The number of hydrogen-bond donors (Lipinski definition) is 2. The van der Waals surface area contributed by atoms with Crippen LogP contribution < -0.4 is 19.5 Å². The molecule has 1 aliphatic heterocycles. The van der Waals surface area contributed by atoms with E-state index >= 15 is 0 Å². The van der Waals surface area contributed by atoms with Gasteiger partial charge in [-0.05, 0) is 59.4 Å². The molecule has 4 rings (SSSR count). The lowest BCUT2D eigenvalue weighted by Crippen LogP contribution is -2.30. The van der Waals surface area contributed by atoms with Crippen LogP contribution in [0.5, 0.6) is 11.5 Å². The Hall–Kier alpha value is -2.92. The van der Waals surface area contributed by atoms with Gasteiger partial charge in [0.15, 0.2) is 5.82 Å². The third kappa shape index (κ3) is 7.82. The van der Waals surface area contributed by atoms with Crippen LogP contribution in [0.2, 0.25) is 5.02 Å². The minimum atomic E-state index is -3.75. The molecule has 0 spiro atoms. The molecule has 1 aliphatic rings. The van der Waals surface area contributed by atoms with Gasteiger partial charge < -0.3 is 19.7 Å². The van der Waals surface area contributed by atoms with Gasteiger partial charge in [0.25, 0.3) is 0 Å². The fourth-order valence-corrected chi connectivity index (χ4v) is 5.91. The van der Waals surface area contributed by atoms with Crippen LogP contribution in [0.3, 0.4) is 0 Å². The third-order valence-electron chi connectivity index (χ3n) is 6.02. The van der Waals surface area contributed by atoms with Gasteiger partial charge in [-0.1, -0.05) is 29.8 Å². The lowest BCUT2D eigenvalue weighted by atomic mass is 10.1. The predicted octanol–water partition coefficient (Wildman–Crippen LogP) is 5.02. The summed E-state index contributed by atoms with van der Waals surface area (Å²) in [4.78, 5) is 11.4.